The van der Waals surface area contributed by atoms with E-state index in [0.29, 0.717) is 17.9 Å². The Morgan fingerprint density at radius 3 is 2.47 bits per heavy atom. The fourth-order valence-electron chi connectivity index (χ4n) is 2.68. The quantitative estimate of drug-likeness (QED) is 0.731. The number of aldehydes is 1. The Morgan fingerprint density at radius 1 is 1.18 bits per heavy atom. The number of halogens is 2. The first-order valence-corrected chi connectivity index (χ1v) is 6.09. The third-order valence-electron chi connectivity index (χ3n) is 3.68. The van der Waals surface area contributed by atoms with Crippen molar-refractivity contribution >= 4 is 6.29 Å². The normalized spacial score (nSPS) is 24.6. The van der Waals surface area contributed by atoms with Crippen molar-refractivity contribution in [2.24, 2.45) is 5.92 Å². The molecule has 0 unspecified atom stereocenters. The second kappa shape index (κ2) is 5.39. The number of hydrogen-bond donors (Lipinski definition) is 0. The summed E-state index contributed by atoms with van der Waals surface area (Å²) in [7, 11) is 0. The van der Waals surface area contributed by atoms with Crippen molar-refractivity contribution < 1.29 is 13.6 Å². The highest BCUT2D eigenvalue weighted by molar-refractivity contribution is 5.49. The summed E-state index contributed by atoms with van der Waals surface area (Å²) in [6, 6.07) is 3.82. The molecule has 0 spiro atoms. The maximum Gasteiger partial charge on any atom is 0.129 e. The van der Waals surface area contributed by atoms with Crippen LogP contribution in [0.3, 0.4) is 0 Å². The molecular weight excluding hydrogens is 222 g/mol. The van der Waals surface area contributed by atoms with E-state index in [1.54, 1.807) is 6.07 Å². The van der Waals surface area contributed by atoms with Gasteiger partial charge in [-0.15, -0.1) is 0 Å². The number of carbonyl (C=O) groups excluding carboxylic acids is 1. The third kappa shape index (κ3) is 2.90. The molecule has 0 N–H and O–H groups in total. The highest BCUT2D eigenvalue weighted by atomic mass is 19.1. The van der Waals surface area contributed by atoms with Crippen LogP contribution in [0.1, 0.15) is 43.6 Å². The molecule has 92 valence electrons. The van der Waals surface area contributed by atoms with Gasteiger partial charge in [-0.05, 0) is 49.1 Å². The van der Waals surface area contributed by atoms with E-state index in [4.69, 9.17) is 0 Å². The minimum atomic E-state index is -0.527. The van der Waals surface area contributed by atoms with Crippen molar-refractivity contribution in [1.82, 2.24) is 0 Å². The van der Waals surface area contributed by atoms with E-state index in [2.05, 4.69) is 0 Å². The second-order valence-corrected chi connectivity index (χ2v) is 4.79. The Balaban J connectivity index is 2.02. The Kier molecular flexibility index (Phi) is 3.87. The molecule has 3 heteroatoms. The summed E-state index contributed by atoms with van der Waals surface area (Å²) in [5.41, 5.74) is 0.621. The zero-order valence-electron chi connectivity index (χ0n) is 9.66. The number of carbonyl (C=O) groups is 1. The molecule has 1 saturated carbocycles. The molecule has 2 rings (SSSR count). The van der Waals surface area contributed by atoms with E-state index < -0.39 is 11.6 Å². The van der Waals surface area contributed by atoms with Gasteiger partial charge in [-0.2, -0.15) is 0 Å². The van der Waals surface area contributed by atoms with E-state index in [1.165, 1.54) is 6.07 Å². The molecule has 1 fully saturated rings. The van der Waals surface area contributed by atoms with Crippen molar-refractivity contribution in [3.63, 3.8) is 0 Å². The average Bonchev–Trinajstić information content (AvgIpc) is 2.31. The SMILES string of the molecule is O=CCC1CCC(c2ccc(F)cc2F)CC1. The van der Waals surface area contributed by atoms with Crippen LogP contribution >= 0.6 is 0 Å². The van der Waals surface area contributed by atoms with Crippen molar-refractivity contribution in [2.45, 2.75) is 38.0 Å². The largest absolute Gasteiger partial charge is 0.303 e. The number of benzene rings is 1. The second-order valence-electron chi connectivity index (χ2n) is 4.79. The Morgan fingerprint density at radius 2 is 1.88 bits per heavy atom. The van der Waals surface area contributed by atoms with Gasteiger partial charge >= 0.3 is 0 Å². The summed E-state index contributed by atoms with van der Waals surface area (Å²) < 4.78 is 26.4. The molecule has 1 aromatic rings. The summed E-state index contributed by atoms with van der Waals surface area (Å²) in [5, 5.41) is 0. The van der Waals surface area contributed by atoms with Gasteiger partial charge < -0.3 is 4.79 Å². The number of rotatable bonds is 3. The van der Waals surface area contributed by atoms with Gasteiger partial charge in [0.15, 0.2) is 0 Å². The van der Waals surface area contributed by atoms with E-state index in [-0.39, 0.29) is 5.92 Å². The highest BCUT2D eigenvalue weighted by Crippen LogP contribution is 2.37. The minimum Gasteiger partial charge on any atom is -0.303 e. The van der Waals surface area contributed by atoms with Gasteiger partial charge in [0.25, 0.3) is 0 Å². The molecule has 0 bridgehead atoms. The zero-order chi connectivity index (χ0) is 12.3. The molecule has 1 nitrogen and oxygen atoms in total. The van der Waals surface area contributed by atoms with Crippen molar-refractivity contribution in [1.29, 1.82) is 0 Å². The lowest BCUT2D eigenvalue weighted by Crippen LogP contribution is -2.14. The zero-order valence-corrected chi connectivity index (χ0v) is 9.66. The van der Waals surface area contributed by atoms with Crippen LogP contribution in [0, 0.1) is 17.6 Å². The first-order chi connectivity index (χ1) is 8.20. The molecule has 1 aliphatic rings. The highest BCUT2D eigenvalue weighted by Gasteiger charge is 2.24. The van der Waals surface area contributed by atoms with Crippen LogP contribution in [0.25, 0.3) is 0 Å². The van der Waals surface area contributed by atoms with E-state index in [0.717, 1.165) is 38.0 Å². The maximum atomic E-state index is 13.6. The van der Waals surface area contributed by atoms with E-state index >= 15 is 0 Å². The van der Waals surface area contributed by atoms with Crippen molar-refractivity contribution in [2.75, 3.05) is 0 Å². The van der Waals surface area contributed by atoms with Gasteiger partial charge in [0.1, 0.15) is 17.9 Å². The molecule has 0 radical (unpaired) electrons. The first kappa shape index (κ1) is 12.2. The van der Waals surface area contributed by atoms with Crippen LogP contribution in [0.5, 0.6) is 0 Å². The number of hydrogen-bond acceptors (Lipinski definition) is 1. The van der Waals surface area contributed by atoms with E-state index in [9.17, 15) is 13.6 Å². The minimum absolute atomic E-state index is 0.179. The fraction of sp³-hybridized carbons (Fsp3) is 0.500. The van der Waals surface area contributed by atoms with Gasteiger partial charge in [-0.1, -0.05) is 6.07 Å². The molecule has 0 atom stereocenters. The van der Waals surface area contributed by atoms with E-state index in [1.807, 2.05) is 0 Å². The molecule has 1 aromatic carbocycles. The molecular formula is C14H16F2O. The summed E-state index contributed by atoms with van der Waals surface area (Å²) in [6.45, 7) is 0. The third-order valence-corrected chi connectivity index (χ3v) is 3.68. The molecule has 0 heterocycles. The van der Waals surface area contributed by atoms with Crippen LogP contribution in [-0.4, -0.2) is 6.29 Å². The molecule has 0 aromatic heterocycles. The molecule has 17 heavy (non-hydrogen) atoms. The van der Waals surface area contributed by atoms with Crippen LogP contribution in [-0.2, 0) is 4.79 Å². The summed E-state index contributed by atoms with van der Waals surface area (Å²) in [4.78, 5) is 10.4. The van der Waals surface area contributed by atoms with Crippen LogP contribution < -0.4 is 0 Å². The lowest BCUT2D eigenvalue weighted by atomic mass is 9.77. The Labute approximate surface area is 99.8 Å². The molecule has 0 saturated heterocycles. The van der Waals surface area contributed by atoms with Gasteiger partial charge in [0, 0.05) is 12.5 Å². The van der Waals surface area contributed by atoms with Crippen molar-refractivity contribution in [3.8, 4) is 0 Å². The smallest absolute Gasteiger partial charge is 0.129 e. The van der Waals surface area contributed by atoms with Crippen molar-refractivity contribution in [3.05, 3.63) is 35.4 Å². The molecule has 0 amide bonds. The standard InChI is InChI=1S/C14H16F2O/c15-12-5-6-13(14(16)9-12)11-3-1-10(2-4-11)7-8-17/h5-6,8-11H,1-4,7H2. The van der Waals surface area contributed by atoms with Gasteiger partial charge in [0.2, 0.25) is 0 Å². The summed E-state index contributed by atoms with van der Waals surface area (Å²) in [6.07, 6.45) is 5.27. The predicted octanol–water partition coefficient (Wildman–Crippen LogP) is 3.83. The summed E-state index contributed by atoms with van der Waals surface area (Å²) in [5.74, 6) is -0.338. The van der Waals surface area contributed by atoms with Crippen LogP contribution in [0.2, 0.25) is 0 Å². The Bertz CT molecular complexity index is 395. The predicted molar refractivity (Wildman–Crippen MR) is 61.7 cm³/mol. The first-order valence-electron chi connectivity index (χ1n) is 6.09. The van der Waals surface area contributed by atoms with Crippen LogP contribution in [0.4, 0.5) is 8.78 Å². The maximum absolute atomic E-state index is 13.6. The van der Waals surface area contributed by atoms with Crippen LogP contribution in [0.15, 0.2) is 18.2 Å². The van der Waals surface area contributed by atoms with Gasteiger partial charge in [-0.3, -0.25) is 0 Å². The Hall–Kier alpha value is -1.25. The molecule has 0 aliphatic heterocycles. The lowest BCUT2D eigenvalue weighted by Gasteiger charge is -2.27. The monoisotopic (exact) mass is 238 g/mol. The fourth-order valence-corrected chi connectivity index (χ4v) is 2.68. The lowest BCUT2D eigenvalue weighted by molar-refractivity contribution is -0.108. The van der Waals surface area contributed by atoms with Gasteiger partial charge in [0.05, 0.1) is 0 Å². The summed E-state index contributed by atoms with van der Waals surface area (Å²) >= 11 is 0. The van der Waals surface area contributed by atoms with Gasteiger partial charge in [-0.25, -0.2) is 8.78 Å². The molecule has 1 aliphatic carbocycles. The topological polar surface area (TPSA) is 17.1 Å². The average molecular weight is 238 g/mol.